The summed E-state index contributed by atoms with van der Waals surface area (Å²) in [5.74, 6) is -0.201. The van der Waals surface area contributed by atoms with Crippen molar-refractivity contribution < 1.29 is 4.39 Å². The molecule has 0 saturated carbocycles. The van der Waals surface area contributed by atoms with Crippen LogP contribution in [0.25, 0.3) is 0 Å². The first-order chi connectivity index (χ1) is 9.52. The molecule has 0 bridgehead atoms. The van der Waals surface area contributed by atoms with Crippen molar-refractivity contribution in [2.45, 2.75) is 19.9 Å². The summed E-state index contributed by atoms with van der Waals surface area (Å²) in [4.78, 5) is 1.86. The Kier molecular flexibility index (Phi) is 4.40. The van der Waals surface area contributed by atoms with Gasteiger partial charge in [-0.2, -0.15) is 0 Å². The van der Waals surface area contributed by atoms with Crippen LogP contribution in [0.5, 0.6) is 0 Å². The Hall–Kier alpha value is -1.87. The van der Waals surface area contributed by atoms with E-state index in [4.69, 9.17) is 0 Å². The molecule has 0 aliphatic carbocycles. The molecule has 20 heavy (non-hydrogen) atoms. The van der Waals surface area contributed by atoms with Crippen molar-refractivity contribution in [3.8, 4) is 0 Å². The summed E-state index contributed by atoms with van der Waals surface area (Å²) >= 11 is 0. The van der Waals surface area contributed by atoms with E-state index in [0.29, 0.717) is 5.69 Å². The third-order valence-corrected chi connectivity index (χ3v) is 3.69. The molecule has 1 atom stereocenters. The van der Waals surface area contributed by atoms with Crippen molar-refractivity contribution in [1.29, 1.82) is 0 Å². The van der Waals surface area contributed by atoms with Crippen LogP contribution in [0.4, 0.5) is 15.8 Å². The van der Waals surface area contributed by atoms with Crippen LogP contribution in [0.1, 0.15) is 24.1 Å². The SMILES string of the molecule is CNC(C)c1ccc(N(C)c2ccc(C)cc2)c(F)c1. The number of anilines is 2. The summed E-state index contributed by atoms with van der Waals surface area (Å²) in [6.07, 6.45) is 0. The van der Waals surface area contributed by atoms with Crippen LogP contribution in [0.2, 0.25) is 0 Å². The summed E-state index contributed by atoms with van der Waals surface area (Å²) in [6, 6.07) is 13.6. The highest BCUT2D eigenvalue weighted by Gasteiger charge is 2.12. The van der Waals surface area contributed by atoms with Gasteiger partial charge in [-0.1, -0.05) is 23.8 Å². The number of hydrogen-bond donors (Lipinski definition) is 1. The van der Waals surface area contributed by atoms with E-state index in [9.17, 15) is 4.39 Å². The zero-order valence-electron chi connectivity index (χ0n) is 12.4. The molecule has 0 saturated heterocycles. The zero-order chi connectivity index (χ0) is 14.7. The lowest BCUT2D eigenvalue weighted by Crippen LogP contribution is -2.14. The van der Waals surface area contributed by atoms with Gasteiger partial charge in [0.1, 0.15) is 5.82 Å². The molecule has 2 aromatic rings. The van der Waals surface area contributed by atoms with Gasteiger partial charge in [0, 0.05) is 18.8 Å². The fraction of sp³-hybridized carbons (Fsp3) is 0.294. The van der Waals surface area contributed by atoms with Gasteiger partial charge in [0.05, 0.1) is 5.69 Å². The zero-order valence-corrected chi connectivity index (χ0v) is 12.4. The maximum Gasteiger partial charge on any atom is 0.147 e. The molecule has 2 aromatic carbocycles. The Morgan fingerprint density at radius 2 is 1.75 bits per heavy atom. The number of nitrogens with zero attached hydrogens (tertiary/aromatic N) is 1. The summed E-state index contributed by atoms with van der Waals surface area (Å²) < 4.78 is 14.3. The molecule has 0 fully saturated rings. The van der Waals surface area contributed by atoms with Gasteiger partial charge < -0.3 is 10.2 Å². The monoisotopic (exact) mass is 272 g/mol. The average Bonchev–Trinajstić information content (AvgIpc) is 2.46. The van der Waals surface area contributed by atoms with Gasteiger partial charge in [0.25, 0.3) is 0 Å². The Balaban J connectivity index is 2.30. The maximum absolute atomic E-state index is 14.3. The molecule has 0 amide bonds. The highest BCUT2D eigenvalue weighted by atomic mass is 19.1. The van der Waals surface area contributed by atoms with Crippen molar-refractivity contribution >= 4 is 11.4 Å². The maximum atomic E-state index is 14.3. The Morgan fingerprint density at radius 1 is 1.10 bits per heavy atom. The standard InChI is InChI=1S/C17H21FN2/c1-12-5-8-15(9-6-12)20(4)17-10-7-14(11-16(17)18)13(2)19-3/h5-11,13,19H,1-4H3. The number of rotatable bonds is 4. The molecule has 3 heteroatoms. The third-order valence-electron chi connectivity index (χ3n) is 3.69. The predicted octanol–water partition coefficient (Wildman–Crippen LogP) is 4.18. The van der Waals surface area contributed by atoms with Gasteiger partial charge >= 0.3 is 0 Å². The van der Waals surface area contributed by atoms with E-state index in [-0.39, 0.29) is 11.9 Å². The van der Waals surface area contributed by atoms with Crippen molar-refractivity contribution in [1.82, 2.24) is 5.32 Å². The summed E-state index contributed by atoms with van der Waals surface area (Å²) in [5, 5.41) is 3.11. The molecular weight excluding hydrogens is 251 g/mol. The van der Waals surface area contributed by atoms with E-state index in [1.807, 2.05) is 69.2 Å². The van der Waals surface area contributed by atoms with Gasteiger partial charge in [0.2, 0.25) is 0 Å². The lowest BCUT2D eigenvalue weighted by molar-refractivity contribution is 0.608. The molecule has 0 aliphatic heterocycles. The lowest BCUT2D eigenvalue weighted by Gasteiger charge is -2.21. The second-order valence-corrected chi connectivity index (χ2v) is 5.12. The van der Waals surface area contributed by atoms with E-state index < -0.39 is 0 Å². The van der Waals surface area contributed by atoms with Crippen LogP contribution in [0, 0.1) is 12.7 Å². The first kappa shape index (κ1) is 14.5. The van der Waals surface area contributed by atoms with E-state index >= 15 is 0 Å². The number of nitrogens with one attached hydrogen (secondary N) is 1. The van der Waals surface area contributed by atoms with E-state index in [0.717, 1.165) is 11.3 Å². The second-order valence-electron chi connectivity index (χ2n) is 5.12. The normalized spacial score (nSPS) is 12.2. The van der Waals surface area contributed by atoms with Gasteiger partial charge in [-0.15, -0.1) is 0 Å². The largest absolute Gasteiger partial charge is 0.342 e. The van der Waals surface area contributed by atoms with Crippen LogP contribution in [0.15, 0.2) is 42.5 Å². The fourth-order valence-electron chi connectivity index (χ4n) is 2.14. The number of hydrogen-bond acceptors (Lipinski definition) is 2. The molecule has 0 heterocycles. The Bertz CT molecular complexity index is 578. The minimum atomic E-state index is -0.201. The topological polar surface area (TPSA) is 15.3 Å². The van der Waals surface area contributed by atoms with Gasteiger partial charge in [-0.3, -0.25) is 0 Å². The third kappa shape index (κ3) is 2.99. The smallest absolute Gasteiger partial charge is 0.147 e. The molecule has 0 aromatic heterocycles. The van der Waals surface area contributed by atoms with Crippen molar-refractivity contribution in [3.05, 3.63) is 59.4 Å². The average molecular weight is 272 g/mol. The van der Waals surface area contributed by atoms with Crippen molar-refractivity contribution in [3.63, 3.8) is 0 Å². The number of benzene rings is 2. The highest BCUT2D eigenvalue weighted by molar-refractivity contribution is 5.63. The fourth-order valence-corrected chi connectivity index (χ4v) is 2.14. The second kappa shape index (κ2) is 6.06. The van der Waals surface area contributed by atoms with Crippen molar-refractivity contribution in [2.75, 3.05) is 19.0 Å². The van der Waals surface area contributed by atoms with E-state index in [1.54, 1.807) is 6.07 Å². The van der Waals surface area contributed by atoms with Gasteiger partial charge in [-0.25, -0.2) is 4.39 Å². The van der Waals surface area contributed by atoms with E-state index in [2.05, 4.69) is 5.32 Å². The minimum Gasteiger partial charge on any atom is -0.342 e. The molecule has 0 spiro atoms. The number of halogens is 1. The van der Waals surface area contributed by atoms with Crippen LogP contribution in [-0.2, 0) is 0 Å². The first-order valence-corrected chi connectivity index (χ1v) is 6.80. The summed E-state index contributed by atoms with van der Waals surface area (Å²) in [7, 11) is 3.75. The molecule has 106 valence electrons. The Morgan fingerprint density at radius 3 is 2.30 bits per heavy atom. The highest BCUT2D eigenvalue weighted by Crippen LogP contribution is 2.28. The van der Waals surface area contributed by atoms with Gasteiger partial charge in [-0.05, 0) is 50.7 Å². The summed E-state index contributed by atoms with van der Waals surface area (Å²) in [6.45, 7) is 4.05. The van der Waals surface area contributed by atoms with Crippen molar-refractivity contribution in [2.24, 2.45) is 0 Å². The van der Waals surface area contributed by atoms with Crippen LogP contribution in [-0.4, -0.2) is 14.1 Å². The first-order valence-electron chi connectivity index (χ1n) is 6.80. The molecule has 0 aliphatic rings. The van der Waals surface area contributed by atoms with Crippen LogP contribution >= 0.6 is 0 Å². The quantitative estimate of drug-likeness (QED) is 0.898. The summed E-state index contributed by atoms with van der Waals surface area (Å²) in [5.41, 5.74) is 3.71. The molecule has 1 unspecified atom stereocenters. The molecule has 2 rings (SSSR count). The molecule has 2 nitrogen and oxygen atoms in total. The lowest BCUT2D eigenvalue weighted by atomic mass is 10.1. The predicted molar refractivity (Wildman–Crippen MR) is 83.1 cm³/mol. The minimum absolute atomic E-state index is 0.142. The van der Waals surface area contributed by atoms with E-state index in [1.165, 1.54) is 5.56 Å². The Labute approximate surface area is 120 Å². The molecule has 1 N–H and O–H groups in total. The number of aryl methyl sites for hydroxylation is 1. The molecular formula is C17H21FN2. The van der Waals surface area contributed by atoms with Crippen LogP contribution in [0.3, 0.4) is 0 Å². The molecule has 0 radical (unpaired) electrons. The van der Waals surface area contributed by atoms with Crippen LogP contribution < -0.4 is 10.2 Å². The van der Waals surface area contributed by atoms with Gasteiger partial charge in [0.15, 0.2) is 0 Å².